The zero-order chi connectivity index (χ0) is 21.6. The van der Waals surface area contributed by atoms with Crippen LogP contribution in [0.4, 0.5) is 18.9 Å². The fourth-order valence-corrected chi connectivity index (χ4v) is 4.05. The van der Waals surface area contributed by atoms with Gasteiger partial charge in [0.2, 0.25) is 0 Å². The number of methoxy groups -OCH3 is 1. The quantitative estimate of drug-likeness (QED) is 0.581. The van der Waals surface area contributed by atoms with Gasteiger partial charge >= 0.3 is 6.18 Å². The lowest BCUT2D eigenvalue weighted by Crippen LogP contribution is -2.42. The lowest BCUT2D eigenvalue weighted by molar-refractivity contribution is -0.137. The van der Waals surface area contributed by atoms with E-state index in [0.29, 0.717) is 23.3 Å². The van der Waals surface area contributed by atoms with E-state index in [9.17, 15) is 18.0 Å². The monoisotopic (exact) mass is 418 g/mol. The topological polar surface area (TPSA) is 60.2 Å². The molecule has 0 radical (unpaired) electrons. The van der Waals surface area contributed by atoms with Crippen molar-refractivity contribution in [3.05, 3.63) is 35.5 Å². The molecule has 9 heteroatoms. The summed E-state index contributed by atoms with van der Waals surface area (Å²) in [6.07, 6.45) is -2.78. The Labute approximate surface area is 171 Å². The van der Waals surface area contributed by atoms with Gasteiger partial charge < -0.3 is 14.4 Å². The van der Waals surface area contributed by atoms with Crippen LogP contribution in [-0.4, -0.2) is 40.7 Å². The van der Waals surface area contributed by atoms with Gasteiger partial charge in [0.1, 0.15) is 28.8 Å². The molecule has 4 rings (SSSR count). The number of benzene rings is 1. The molecule has 6 nitrogen and oxygen atoms in total. The Morgan fingerprint density at radius 2 is 2.07 bits per heavy atom. The molecule has 1 aliphatic rings. The van der Waals surface area contributed by atoms with E-state index in [-0.39, 0.29) is 18.3 Å². The number of anilines is 1. The normalized spacial score (nSPS) is 16.2. The third kappa shape index (κ3) is 3.18. The number of aryl methyl sites for hydroxylation is 1. The Kier molecular flexibility index (Phi) is 4.91. The van der Waals surface area contributed by atoms with Gasteiger partial charge in [-0.3, -0.25) is 4.68 Å². The fourth-order valence-electron chi connectivity index (χ4n) is 4.05. The number of ether oxygens (including phenoxy) is 1. The first-order chi connectivity index (χ1) is 14.3. The first-order valence-corrected chi connectivity index (χ1v) is 9.62. The molecule has 0 saturated heterocycles. The maximum atomic E-state index is 13.1. The fraction of sp³-hybridized carbons (Fsp3) is 0.381. The molecule has 2 aromatic heterocycles. The minimum atomic E-state index is -4.47. The van der Waals surface area contributed by atoms with Crippen LogP contribution in [0, 0.1) is 6.92 Å². The molecule has 0 N–H and O–H groups in total. The van der Waals surface area contributed by atoms with Gasteiger partial charge in [0.15, 0.2) is 0 Å². The summed E-state index contributed by atoms with van der Waals surface area (Å²) in [7, 11) is 1.33. The van der Waals surface area contributed by atoms with Gasteiger partial charge in [-0.15, -0.1) is 0 Å². The molecule has 1 aromatic carbocycles. The second-order valence-electron chi connectivity index (χ2n) is 7.30. The number of rotatable bonds is 5. The third-order valence-electron chi connectivity index (χ3n) is 5.46. The van der Waals surface area contributed by atoms with Gasteiger partial charge in [-0.05, 0) is 37.6 Å². The molecular formula is C21H21F3N4O2. The number of pyridine rings is 1. The first kappa shape index (κ1) is 20.2. The number of hydrogen-bond acceptors (Lipinski definition) is 5. The Balaban J connectivity index is 1.96. The van der Waals surface area contributed by atoms with Crippen molar-refractivity contribution in [3.63, 3.8) is 0 Å². The molecule has 0 saturated carbocycles. The van der Waals surface area contributed by atoms with Gasteiger partial charge in [0.25, 0.3) is 0 Å². The Hall–Kier alpha value is -3.10. The SMILES string of the molecule is CC[C@H]1Cn2nc(-c3ccc(C(F)(F)F)cc3OC)c3nc(C)cc(c32)N1CC=O. The van der Waals surface area contributed by atoms with E-state index in [4.69, 9.17) is 9.84 Å². The molecular weight excluding hydrogens is 397 g/mol. The maximum Gasteiger partial charge on any atom is 0.416 e. The highest BCUT2D eigenvalue weighted by Crippen LogP contribution is 2.42. The van der Waals surface area contributed by atoms with Crippen LogP contribution in [0.3, 0.4) is 0 Å². The molecule has 0 amide bonds. The number of aldehydes is 1. The molecule has 1 atom stereocenters. The van der Waals surface area contributed by atoms with Crippen LogP contribution in [0.5, 0.6) is 5.75 Å². The minimum Gasteiger partial charge on any atom is -0.496 e. The molecule has 0 spiro atoms. The van der Waals surface area contributed by atoms with E-state index < -0.39 is 11.7 Å². The van der Waals surface area contributed by atoms with Crippen molar-refractivity contribution in [2.75, 3.05) is 18.6 Å². The predicted molar refractivity (Wildman–Crippen MR) is 107 cm³/mol. The minimum absolute atomic E-state index is 0.0787. The van der Waals surface area contributed by atoms with E-state index in [1.54, 1.807) is 0 Å². The number of alkyl halides is 3. The molecule has 30 heavy (non-hydrogen) atoms. The van der Waals surface area contributed by atoms with Crippen molar-refractivity contribution in [2.45, 2.75) is 39.0 Å². The molecule has 0 unspecified atom stereocenters. The highest BCUT2D eigenvalue weighted by molar-refractivity contribution is 5.99. The lowest BCUT2D eigenvalue weighted by atomic mass is 10.0. The molecule has 3 aromatic rings. The summed E-state index contributed by atoms with van der Waals surface area (Å²) in [4.78, 5) is 18.0. The standard InChI is InChI=1S/C21H21F3N4O2/c1-4-14-11-28-20-16(27(14)7-8-29)9-12(2)25-19(20)18(26-28)15-6-5-13(21(22,23)24)10-17(15)30-3/h5-6,8-10,14H,4,7,11H2,1-3H3/t14-/m0/s1. The average Bonchev–Trinajstić information content (AvgIpc) is 3.07. The molecule has 1 aliphatic heterocycles. The Morgan fingerprint density at radius 1 is 1.30 bits per heavy atom. The summed E-state index contributed by atoms with van der Waals surface area (Å²) in [6, 6.07) is 5.36. The summed E-state index contributed by atoms with van der Waals surface area (Å²) in [5, 5.41) is 4.70. The van der Waals surface area contributed by atoms with Crippen molar-refractivity contribution in [2.24, 2.45) is 0 Å². The van der Waals surface area contributed by atoms with E-state index in [0.717, 1.165) is 41.7 Å². The van der Waals surface area contributed by atoms with E-state index in [1.807, 2.05) is 29.5 Å². The van der Waals surface area contributed by atoms with Crippen LogP contribution in [0.15, 0.2) is 24.3 Å². The summed E-state index contributed by atoms with van der Waals surface area (Å²) >= 11 is 0. The first-order valence-electron chi connectivity index (χ1n) is 9.62. The number of aromatic nitrogens is 3. The number of carbonyl (C=O) groups excluding carboxylic acids is 1. The van der Waals surface area contributed by atoms with Crippen molar-refractivity contribution in [3.8, 4) is 17.0 Å². The van der Waals surface area contributed by atoms with Crippen molar-refractivity contribution < 1.29 is 22.7 Å². The second-order valence-corrected chi connectivity index (χ2v) is 7.30. The van der Waals surface area contributed by atoms with Crippen molar-refractivity contribution >= 4 is 23.0 Å². The van der Waals surface area contributed by atoms with Crippen LogP contribution in [0.25, 0.3) is 22.3 Å². The number of halogens is 3. The molecule has 0 fully saturated rings. The molecule has 0 bridgehead atoms. The largest absolute Gasteiger partial charge is 0.496 e. The van der Waals surface area contributed by atoms with Gasteiger partial charge in [0.05, 0.1) is 31.5 Å². The second kappa shape index (κ2) is 7.30. The van der Waals surface area contributed by atoms with E-state index >= 15 is 0 Å². The smallest absolute Gasteiger partial charge is 0.416 e. The van der Waals surface area contributed by atoms with Gasteiger partial charge in [0, 0.05) is 17.3 Å². The number of hydrogen-bond donors (Lipinski definition) is 0. The third-order valence-corrected chi connectivity index (χ3v) is 5.46. The van der Waals surface area contributed by atoms with Crippen molar-refractivity contribution in [1.29, 1.82) is 0 Å². The van der Waals surface area contributed by atoms with Crippen LogP contribution in [-0.2, 0) is 17.5 Å². The van der Waals surface area contributed by atoms with Crippen molar-refractivity contribution in [1.82, 2.24) is 14.8 Å². The number of carbonyl (C=O) groups is 1. The Bertz CT molecular complexity index is 1120. The zero-order valence-corrected chi connectivity index (χ0v) is 16.8. The lowest BCUT2D eigenvalue weighted by Gasteiger charge is -2.36. The molecule has 0 aliphatic carbocycles. The van der Waals surface area contributed by atoms with Gasteiger partial charge in [-0.2, -0.15) is 18.3 Å². The van der Waals surface area contributed by atoms with Gasteiger partial charge in [-0.25, -0.2) is 4.98 Å². The van der Waals surface area contributed by atoms with Crippen LogP contribution < -0.4 is 9.64 Å². The number of nitrogens with zero attached hydrogens (tertiary/aromatic N) is 4. The summed E-state index contributed by atoms with van der Waals surface area (Å²) in [5.74, 6) is 0.0808. The summed E-state index contributed by atoms with van der Waals surface area (Å²) < 4.78 is 46.5. The van der Waals surface area contributed by atoms with E-state index in [2.05, 4.69) is 4.98 Å². The van der Waals surface area contributed by atoms with Gasteiger partial charge in [-0.1, -0.05) is 6.92 Å². The predicted octanol–water partition coefficient (Wildman–Crippen LogP) is 4.23. The summed E-state index contributed by atoms with van der Waals surface area (Å²) in [6.45, 7) is 4.69. The molecule has 3 heterocycles. The highest BCUT2D eigenvalue weighted by Gasteiger charge is 2.33. The van der Waals surface area contributed by atoms with Crippen LogP contribution in [0.2, 0.25) is 0 Å². The maximum absolute atomic E-state index is 13.1. The van der Waals surface area contributed by atoms with E-state index in [1.165, 1.54) is 13.2 Å². The zero-order valence-electron chi connectivity index (χ0n) is 16.8. The van der Waals surface area contributed by atoms with Crippen LogP contribution >= 0.6 is 0 Å². The highest BCUT2D eigenvalue weighted by atomic mass is 19.4. The Morgan fingerprint density at radius 3 is 2.70 bits per heavy atom. The summed E-state index contributed by atoms with van der Waals surface area (Å²) in [5.41, 5.74) is 3.05. The van der Waals surface area contributed by atoms with Crippen LogP contribution in [0.1, 0.15) is 24.6 Å². The molecule has 158 valence electrons. The average molecular weight is 418 g/mol.